The van der Waals surface area contributed by atoms with E-state index in [1.54, 1.807) is 6.07 Å². The summed E-state index contributed by atoms with van der Waals surface area (Å²) in [5, 5.41) is 3.69. The summed E-state index contributed by atoms with van der Waals surface area (Å²) in [5.41, 5.74) is 1.05. The third-order valence-corrected chi connectivity index (χ3v) is 5.51. The van der Waals surface area contributed by atoms with Gasteiger partial charge in [0.15, 0.2) is 0 Å². The van der Waals surface area contributed by atoms with Crippen LogP contribution in [0.3, 0.4) is 0 Å². The Morgan fingerprint density at radius 1 is 1.35 bits per heavy atom. The topological polar surface area (TPSA) is 15.3 Å². The molecule has 2 nitrogen and oxygen atoms in total. The molecule has 0 aromatic heterocycles. The Morgan fingerprint density at radius 3 is 2.90 bits per heavy atom. The Bertz CT molecular complexity index is 476. The van der Waals surface area contributed by atoms with Crippen LogP contribution in [0, 0.1) is 11.7 Å². The van der Waals surface area contributed by atoms with Crippen LogP contribution in [-0.4, -0.2) is 30.1 Å². The Labute approximate surface area is 128 Å². The molecule has 110 valence electrons. The molecule has 0 radical (unpaired) electrons. The fourth-order valence-corrected chi connectivity index (χ4v) is 3.47. The van der Waals surface area contributed by atoms with E-state index in [0.717, 1.165) is 37.5 Å². The summed E-state index contributed by atoms with van der Waals surface area (Å²) in [4.78, 5) is 2.50. The molecule has 2 aliphatic rings. The number of halogens is 2. The van der Waals surface area contributed by atoms with E-state index in [9.17, 15) is 4.39 Å². The number of nitrogens with one attached hydrogen (secondary N) is 1. The summed E-state index contributed by atoms with van der Waals surface area (Å²) in [7, 11) is 0. The van der Waals surface area contributed by atoms with Crippen LogP contribution in [0.25, 0.3) is 0 Å². The summed E-state index contributed by atoms with van der Waals surface area (Å²) in [6, 6.07) is 6.49. The van der Waals surface area contributed by atoms with Crippen molar-refractivity contribution in [2.45, 2.75) is 44.8 Å². The molecule has 1 saturated carbocycles. The minimum absolute atomic E-state index is 0.165. The van der Waals surface area contributed by atoms with E-state index in [2.05, 4.69) is 33.1 Å². The van der Waals surface area contributed by atoms with Crippen molar-refractivity contribution in [3.8, 4) is 0 Å². The smallest absolute Gasteiger partial charge is 0.137 e. The van der Waals surface area contributed by atoms with Gasteiger partial charge in [-0.2, -0.15) is 0 Å². The average molecular weight is 341 g/mol. The number of hydrogen-bond donors (Lipinski definition) is 1. The second-order valence-corrected chi connectivity index (χ2v) is 6.97. The predicted octanol–water partition coefficient (Wildman–Crippen LogP) is 3.55. The minimum Gasteiger partial charge on any atom is -0.312 e. The Kier molecular flexibility index (Phi) is 4.43. The molecule has 3 rings (SSSR count). The normalized spacial score (nSPS) is 28.4. The second kappa shape index (κ2) is 6.12. The first-order chi connectivity index (χ1) is 9.65. The maximum Gasteiger partial charge on any atom is 0.137 e. The second-order valence-electron chi connectivity index (χ2n) is 6.18. The van der Waals surface area contributed by atoms with E-state index >= 15 is 0 Å². The first kappa shape index (κ1) is 14.5. The van der Waals surface area contributed by atoms with Gasteiger partial charge in [-0.1, -0.05) is 12.1 Å². The van der Waals surface area contributed by atoms with Crippen LogP contribution in [0.15, 0.2) is 22.7 Å². The highest BCUT2D eigenvalue weighted by atomic mass is 79.9. The Morgan fingerprint density at radius 2 is 2.15 bits per heavy atom. The van der Waals surface area contributed by atoms with Crippen molar-refractivity contribution in [3.63, 3.8) is 0 Å². The molecule has 1 aliphatic carbocycles. The maximum atomic E-state index is 13.6. The molecule has 2 atom stereocenters. The number of nitrogens with zero attached hydrogens (tertiary/aromatic N) is 1. The molecule has 1 saturated heterocycles. The lowest BCUT2D eigenvalue weighted by Gasteiger charge is -2.29. The summed E-state index contributed by atoms with van der Waals surface area (Å²) >= 11 is 3.39. The monoisotopic (exact) mass is 340 g/mol. The van der Waals surface area contributed by atoms with Crippen LogP contribution in [0.1, 0.15) is 31.7 Å². The van der Waals surface area contributed by atoms with Gasteiger partial charge in [-0.15, -0.1) is 0 Å². The van der Waals surface area contributed by atoms with Gasteiger partial charge in [0.05, 0.1) is 4.47 Å². The highest BCUT2D eigenvalue weighted by Gasteiger charge is 2.34. The minimum atomic E-state index is -0.165. The Hall–Kier alpha value is -0.450. The highest BCUT2D eigenvalue weighted by molar-refractivity contribution is 9.10. The van der Waals surface area contributed by atoms with Crippen molar-refractivity contribution >= 4 is 15.9 Å². The van der Waals surface area contributed by atoms with Gasteiger partial charge in [-0.05, 0) is 66.2 Å². The lowest BCUT2D eigenvalue weighted by Crippen LogP contribution is -2.41. The van der Waals surface area contributed by atoms with Crippen LogP contribution in [0.4, 0.5) is 4.39 Å². The quantitative estimate of drug-likeness (QED) is 0.905. The van der Waals surface area contributed by atoms with Gasteiger partial charge in [-0.3, -0.25) is 4.90 Å². The van der Waals surface area contributed by atoms with E-state index in [-0.39, 0.29) is 5.82 Å². The van der Waals surface area contributed by atoms with E-state index in [1.165, 1.54) is 18.9 Å². The molecule has 20 heavy (non-hydrogen) atoms. The largest absolute Gasteiger partial charge is 0.312 e. The van der Waals surface area contributed by atoms with Crippen LogP contribution in [0.2, 0.25) is 0 Å². The first-order valence-electron chi connectivity index (χ1n) is 7.55. The van der Waals surface area contributed by atoms with E-state index < -0.39 is 0 Å². The molecule has 0 amide bonds. The van der Waals surface area contributed by atoms with Crippen molar-refractivity contribution in [1.29, 1.82) is 0 Å². The third-order valence-electron chi connectivity index (χ3n) is 4.62. The molecule has 4 heteroatoms. The highest BCUT2D eigenvalue weighted by Crippen LogP contribution is 2.34. The summed E-state index contributed by atoms with van der Waals surface area (Å²) in [5.74, 6) is 0.695. The molecule has 2 unspecified atom stereocenters. The van der Waals surface area contributed by atoms with Gasteiger partial charge in [0.1, 0.15) is 5.82 Å². The van der Waals surface area contributed by atoms with Gasteiger partial charge in [0.2, 0.25) is 0 Å². The molecule has 0 spiro atoms. The molecule has 1 heterocycles. The molecule has 1 aromatic rings. The molecule has 1 aromatic carbocycles. The van der Waals surface area contributed by atoms with E-state index in [0.29, 0.717) is 16.6 Å². The average Bonchev–Trinajstić information content (AvgIpc) is 3.25. The van der Waals surface area contributed by atoms with Crippen molar-refractivity contribution in [3.05, 3.63) is 34.1 Å². The summed E-state index contributed by atoms with van der Waals surface area (Å²) < 4.78 is 14.3. The maximum absolute atomic E-state index is 13.6. The third kappa shape index (κ3) is 3.23. The van der Waals surface area contributed by atoms with Crippen LogP contribution in [-0.2, 0) is 6.54 Å². The molecular weight excluding hydrogens is 319 g/mol. The molecule has 1 aliphatic heterocycles. The SMILES string of the molecule is CC1CCNC(C2CC2)CN1Cc1cccc(F)c1Br. The molecule has 0 bridgehead atoms. The lowest BCUT2D eigenvalue weighted by atomic mass is 10.1. The van der Waals surface area contributed by atoms with Crippen LogP contribution < -0.4 is 5.32 Å². The van der Waals surface area contributed by atoms with Gasteiger partial charge < -0.3 is 5.32 Å². The van der Waals surface area contributed by atoms with Gasteiger partial charge in [0.25, 0.3) is 0 Å². The van der Waals surface area contributed by atoms with Crippen molar-refractivity contribution < 1.29 is 4.39 Å². The molecule has 1 N–H and O–H groups in total. The van der Waals surface area contributed by atoms with Gasteiger partial charge in [0, 0.05) is 25.2 Å². The number of hydrogen-bond acceptors (Lipinski definition) is 2. The lowest BCUT2D eigenvalue weighted by molar-refractivity contribution is 0.190. The molecular formula is C16H22BrFN2. The predicted molar refractivity (Wildman–Crippen MR) is 83.1 cm³/mol. The summed E-state index contributed by atoms with van der Waals surface area (Å²) in [6.07, 6.45) is 3.89. The van der Waals surface area contributed by atoms with Crippen molar-refractivity contribution in [2.24, 2.45) is 5.92 Å². The zero-order valence-corrected chi connectivity index (χ0v) is 13.5. The fraction of sp³-hybridized carbons (Fsp3) is 0.625. The standard InChI is InChI=1S/C16H22BrFN2/c1-11-7-8-19-15(12-5-6-12)10-20(11)9-13-3-2-4-14(18)16(13)17/h2-4,11-12,15,19H,5-10H2,1H3. The Balaban J connectivity index is 1.74. The van der Waals surface area contributed by atoms with E-state index in [1.807, 2.05) is 6.07 Å². The van der Waals surface area contributed by atoms with Gasteiger partial charge in [-0.25, -0.2) is 4.39 Å². The molecule has 2 fully saturated rings. The van der Waals surface area contributed by atoms with Crippen LogP contribution >= 0.6 is 15.9 Å². The number of benzene rings is 1. The fourth-order valence-electron chi connectivity index (χ4n) is 3.08. The first-order valence-corrected chi connectivity index (χ1v) is 8.35. The van der Waals surface area contributed by atoms with Crippen molar-refractivity contribution in [2.75, 3.05) is 13.1 Å². The van der Waals surface area contributed by atoms with Gasteiger partial charge >= 0.3 is 0 Å². The van der Waals surface area contributed by atoms with Crippen LogP contribution in [0.5, 0.6) is 0 Å². The zero-order chi connectivity index (χ0) is 14.1. The van der Waals surface area contributed by atoms with Crippen molar-refractivity contribution in [1.82, 2.24) is 10.2 Å². The number of rotatable bonds is 3. The summed E-state index contributed by atoms with van der Waals surface area (Å²) in [6.45, 7) is 5.28. The van der Waals surface area contributed by atoms with E-state index in [4.69, 9.17) is 0 Å². The zero-order valence-electron chi connectivity index (χ0n) is 11.9.